The highest BCUT2D eigenvalue weighted by atomic mass is 32.2. The predicted molar refractivity (Wildman–Crippen MR) is 102 cm³/mol. The Morgan fingerprint density at radius 3 is 2.52 bits per heavy atom. The minimum atomic E-state index is -0.677. The summed E-state index contributed by atoms with van der Waals surface area (Å²) in [6.45, 7) is 0.293. The van der Waals surface area contributed by atoms with Gasteiger partial charge in [-0.1, -0.05) is 23.9 Å². The highest BCUT2D eigenvalue weighted by Crippen LogP contribution is 2.30. The van der Waals surface area contributed by atoms with Gasteiger partial charge in [0.15, 0.2) is 5.17 Å². The Labute approximate surface area is 160 Å². The number of ether oxygens (including phenoxy) is 1. The van der Waals surface area contributed by atoms with E-state index in [9.17, 15) is 14.0 Å². The van der Waals surface area contributed by atoms with Crippen LogP contribution in [0.3, 0.4) is 0 Å². The highest BCUT2D eigenvalue weighted by Gasteiger charge is 2.34. The van der Waals surface area contributed by atoms with E-state index in [1.54, 1.807) is 19.2 Å². The summed E-state index contributed by atoms with van der Waals surface area (Å²) in [5.74, 6) is -0.470. The molecule has 3 rings (SSSR count). The van der Waals surface area contributed by atoms with Crippen LogP contribution in [0.15, 0.2) is 53.5 Å². The average molecular weight is 387 g/mol. The Hall–Kier alpha value is -2.87. The first kappa shape index (κ1) is 18.9. The molecular formula is C19H18FN3O3S. The summed E-state index contributed by atoms with van der Waals surface area (Å²) in [5.41, 5.74) is 6.75. The van der Waals surface area contributed by atoms with Crippen LogP contribution in [0, 0.1) is 5.82 Å². The number of hydrogen-bond acceptors (Lipinski definition) is 5. The van der Waals surface area contributed by atoms with Crippen molar-refractivity contribution in [2.24, 2.45) is 10.7 Å². The summed E-state index contributed by atoms with van der Waals surface area (Å²) >= 11 is 1.14. The van der Waals surface area contributed by atoms with Crippen LogP contribution in [0.5, 0.6) is 5.75 Å². The fourth-order valence-electron chi connectivity index (χ4n) is 2.55. The van der Waals surface area contributed by atoms with Crippen molar-refractivity contribution in [2.45, 2.75) is 18.2 Å². The maximum absolute atomic E-state index is 13.1. The van der Waals surface area contributed by atoms with Crippen LogP contribution in [-0.2, 0) is 16.1 Å². The fraction of sp³-hybridized carbons (Fsp3) is 0.211. The van der Waals surface area contributed by atoms with E-state index in [4.69, 9.17) is 10.5 Å². The van der Waals surface area contributed by atoms with E-state index in [1.807, 2.05) is 12.1 Å². The van der Waals surface area contributed by atoms with Crippen molar-refractivity contribution >= 4 is 34.4 Å². The summed E-state index contributed by atoms with van der Waals surface area (Å²) in [7, 11) is 1.58. The van der Waals surface area contributed by atoms with Gasteiger partial charge in [0.05, 0.1) is 24.6 Å². The number of aliphatic imine (C=N–C) groups is 1. The van der Waals surface area contributed by atoms with Crippen LogP contribution in [-0.4, -0.2) is 34.2 Å². The number of nitrogens with zero attached hydrogens (tertiary/aromatic N) is 2. The van der Waals surface area contributed by atoms with Crippen LogP contribution in [0.2, 0.25) is 0 Å². The number of amides is 2. The lowest BCUT2D eigenvalue weighted by atomic mass is 10.2. The molecule has 0 aliphatic carbocycles. The summed E-state index contributed by atoms with van der Waals surface area (Å²) in [6.07, 6.45) is 0.0125. The Balaban J connectivity index is 1.90. The molecule has 1 aliphatic rings. The van der Waals surface area contributed by atoms with Crippen molar-refractivity contribution in [3.63, 3.8) is 0 Å². The molecule has 2 aromatic carbocycles. The van der Waals surface area contributed by atoms with Crippen LogP contribution in [0.1, 0.15) is 12.0 Å². The number of hydrogen-bond donors (Lipinski definition) is 1. The lowest BCUT2D eigenvalue weighted by Crippen LogP contribution is -2.45. The van der Waals surface area contributed by atoms with Gasteiger partial charge in [0, 0.05) is 6.42 Å². The zero-order chi connectivity index (χ0) is 19.4. The Morgan fingerprint density at radius 2 is 1.93 bits per heavy atom. The molecule has 0 radical (unpaired) electrons. The molecule has 0 aromatic heterocycles. The van der Waals surface area contributed by atoms with Crippen molar-refractivity contribution in [3.8, 4) is 5.75 Å². The van der Waals surface area contributed by atoms with Gasteiger partial charge in [-0.2, -0.15) is 0 Å². The van der Waals surface area contributed by atoms with E-state index >= 15 is 0 Å². The number of methoxy groups -OCH3 is 1. The third-order valence-corrected chi connectivity index (χ3v) is 5.21. The first-order chi connectivity index (χ1) is 13.0. The van der Waals surface area contributed by atoms with Crippen LogP contribution in [0.4, 0.5) is 10.1 Å². The second-order valence-electron chi connectivity index (χ2n) is 5.91. The number of amidine groups is 1. The molecule has 0 saturated carbocycles. The van der Waals surface area contributed by atoms with Crippen molar-refractivity contribution in [1.82, 2.24) is 4.90 Å². The summed E-state index contributed by atoms with van der Waals surface area (Å²) in [5, 5.41) is -0.318. The number of benzene rings is 2. The van der Waals surface area contributed by atoms with Gasteiger partial charge in [0.1, 0.15) is 11.6 Å². The summed E-state index contributed by atoms with van der Waals surface area (Å²) in [6, 6.07) is 12.9. The fourth-order valence-corrected chi connectivity index (χ4v) is 3.60. The van der Waals surface area contributed by atoms with Crippen molar-refractivity contribution in [2.75, 3.05) is 7.11 Å². The minimum absolute atomic E-state index is 0.0125. The largest absolute Gasteiger partial charge is 0.497 e. The molecular weight excluding hydrogens is 369 g/mol. The number of rotatable bonds is 5. The summed E-state index contributed by atoms with van der Waals surface area (Å²) < 4.78 is 18.3. The number of primary amides is 1. The predicted octanol–water partition coefficient (Wildman–Crippen LogP) is 2.84. The third kappa shape index (κ3) is 4.65. The number of carbonyl (C=O) groups excluding carboxylic acids is 2. The second kappa shape index (κ2) is 8.22. The van der Waals surface area contributed by atoms with Gasteiger partial charge in [0.25, 0.3) is 0 Å². The smallest absolute Gasteiger partial charge is 0.231 e. The van der Waals surface area contributed by atoms with Crippen LogP contribution >= 0.6 is 11.8 Å². The second-order valence-corrected chi connectivity index (χ2v) is 7.08. The molecule has 1 heterocycles. The molecule has 8 heteroatoms. The zero-order valence-electron chi connectivity index (χ0n) is 14.6. The Bertz CT molecular complexity index is 869. The SMILES string of the molecule is COc1ccc(CN2C(=O)C[C@@H](C(N)=O)SC2=Nc2ccc(F)cc2)cc1. The maximum Gasteiger partial charge on any atom is 0.231 e. The normalized spacial score (nSPS) is 18.6. The monoisotopic (exact) mass is 387 g/mol. The van der Waals surface area contributed by atoms with Gasteiger partial charge in [-0.15, -0.1) is 0 Å². The zero-order valence-corrected chi connectivity index (χ0v) is 15.4. The molecule has 27 heavy (non-hydrogen) atoms. The lowest BCUT2D eigenvalue weighted by molar-refractivity contribution is -0.130. The van der Waals surface area contributed by atoms with Gasteiger partial charge < -0.3 is 10.5 Å². The third-order valence-electron chi connectivity index (χ3n) is 4.01. The Morgan fingerprint density at radius 1 is 1.26 bits per heavy atom. The number of thioether (sulfide) groups is 1. The molecule has 1 atom stereocenters. The summed E-state index contributed by atoms with van der Waals surface area (Å²) in [4.78, 5) is 30.2. The van der Waals surface area contributed by atoms with E-state index in [-0.39, 0.29) is 18.1 Å². The molecule has 6 nitrogen and oxygen atoms in total. The van der Waals surface area contributed by atoms with E-state index in [0.717, 1.165) is 17.3 Å². The molecule has 0 bridgehead atoms. The molecule has 1 aliphatic heterocycles. The van der Waals surface area contributed by atoms with E-state index in [0.29, 0.717) is 23.1 Å². The standard InChI is InChI=1S/C19H18FN3O3S/c1-26-15-8-2-12(3-9-15)11-23-17(24)10-16(18(21)25)27-19(23)22-14-6-4-13(20)5-7-14/h2-9,16H,10-11H2,1H3,(H2,21,25)/t16-/m0/s1. The van der Waals surface area contributed by atoms with Crippen molar-refractivity contribution < 1.29 is 18.7 Å². The van der Waals surface area contributed by atoms with Gasteiger partial charge in [0.2, 0.25) is 11.8 Å². The molecule has 1 fully saturated rings. The lowest BCUT2D eigenvalue weighted by Gasteiger charge is -2.31. The van der Waals surface area contributed by atoms with Crippen molar-refractivity contribution in [3.05, 3.63) is 59.9 Å². The topological polar surface area (TPSA) is 85.0 Å². The van der Waals surface area contributed by atoms with Gasteiger partial charge in [-0.05, 0) is 42.0 Å². The van der Waals surface area contributed by atoms with Crippen LogP contribution in [0.25, 0.3) is 0 Å². The number of halogens is 1. The number of nitrogens with two attached hydrogens (primary N) is 1. The van der Waals surface area contributed by atoms with E-state index in [2.05, 4.69) is 4.99 Å². The van der Waals surface area contributed by atoms with E-state index in [1.165, 1.54) is 29.2 Å². The highest BCUT2D eigenvalue weighted by molar-refractivity contribution is 8.15. The molecule has 2 aromatic rings. The molecule has 1 saturated heterocycles. The van der Waals surface area contributed by atoms with Crippen LogP contribution < -0.4 is 10.5 Å². The van der Waals surface area contributed by atoms with Gasteiger partial charge >= 0.3 is 0 Å². The quantitative estimate of drug-likeness (QED) is 0.855. The van der Waals surface area contributed by atoms with Gasteiger partial charge in [-0.25, -0.2) is 9.38 Å². The number of carbonyl (C=O) groups is 2. The Kier molecular flexibility index (Phi) is 5.75. The molecule has 0 spiro atoms. The average Bonchev–Trinajstić information content (AvgIpc) is 2.66. The molecule has 2 amide bonds. The molecule has 0 unspecified atom stereocenters. The maximum atomic E-state index is 13.1. The van der Waals surface area contributed by atoms with Crippen molar-refractivity contribution in [1.29, 1.82) is 0 Å². The van der Waals surface area contributed by atoms with E-state index < -0.39 is 11.2 Å². The molecule has 2 N–H and O–H groups in total. The first-order valence-electron chi connectivity index (χ1n) is 8.20. The van der Waals surface area contributed by atoms with Gasteiger partial charge in [-0.3, -0.25) is 14.5 Å². The first-order valence-corrected chi connectivity index (χ1v) is 9.08. The molecule has 140 valence electrons. The minimum Gasteiger partial charge on any atom is -0.497 e.